The smallest absolute Gasteiger partial charge is 0.269 e. The van der Waals surface area contributed by atoms with Crippen LogP contribution in [0.5, 0.6) is 0 Å². The number of amides is 1. The van der Waals surface area contributed by atoms with Gasteiger partial charge in [0, 0.05) is 73.8 Å². The molecule has 2 aliphatic heterocycles. The summed E-state index contributed by atoms with van der Waals surface area (Å²) in [5.74, 6) is -0.189. The second-order valence-electron chi connectivity index (χ2n) is 11.4. The second-order valence-corrected chi connectivity index (χ2v) is 11.4. The molecule has 2 fully saturated rings. The highest BCUT2D eigenvalue weighted by Crippen LogP contribution is 2.39. The Morgan fingerprint density at radius 1 is 0.867 bits per heavy atom. The van der Waals surface area contributed by atoms with Crippen LogP contribution in [0.25, 0.3) is 0 Å². The molecule has 0 radical (unpaired) electrons. The Hall–Kier alpha value is -4.61. The lowest BCUT2D eigenvalue weighted by Crippen LogP contribution is -2.49. The molecular formula is C35H36N4O6. The maximum absolute atomic E-state index is 12.8. The number of piperazine rings is 1. The number of aliphatic hydroxyl groups excluding tert-OH is 1. The van der Waals surface area contributed by atoms with Crippen molar-refractivity contribution in [2.24, 2.45) is 0 Å². The molecule has 1 amide bonds. The Labute approximate surface area is 262 Å². The predicted molar refractivity (Wildman–Crippen MR) is 171 cm³/mol. The molecule has 0 spiro atoms. The lowest BCUT2D eigenvalue weighted by atomic mass is 9.99. The number of ether oxygens (including phenoxy) is 2. The number of carbonyl (C=O) groups is 1. The molecule has 45 heavy (non-hydrogen) atoms. The Kier molecular flexibility index (Phi) is 9.46. The number of hydrogen-bond donors (Lipinski definition) is 2. The maximum Gasteiger partial charge on any atom is 0.269 e. The van der Waals surface area contributed by atoms with Crippen molar-refractivity contribution >= 4 is 23.0 Å². The van der Waals surface area contributed by atoms with Crippen LogP contribution in [0.3, 0.4) is 0 Å². The van der Waals surface area contributed by atoms with Gasteiger partial charge in [0.05, 0.1) is 23.7 Å². The molecule has 4 aromatic carbocycles. The van der Waals surface area contributed by atoms with E-state index in [0.29, 0.717) is 17.7 Å². The molecule has 10 nitrogen and oxygen atoms in total. The molecule has 3 atom stereocenters. The topological polar surface area (TPSA) is 117 Å². The van der Waals surface area contributed by atoms with Crippen molar-refractivity contribution < 1.29 is 24.3 Å². The highest BCUT2D eigenvalue weighted by atomic mass is 16.7. The third kappa shape index (κ3) is 7.55. The van der Waals surface area contributed by atoms with Gasteiger partial charge >= 0.3 is 0 Å². The van der Waals surface area contributed by atoms with Crippen molar-refractivity contribution in [3.05, 3.63) is 135 Å². The molecule has 0 bridgehead atoms. The van der Waals surface area contributed by atoms with Gasteiger partial charge in [0.25, 0.3) is 11.6 Å². The molecule has 10 heteroatoms. The maximum atomic E-state index is 12.8. The first-order valence-corrected chi connectivity index (χ1v) is 15.1. The third-order valence-corrected chi connectivity index (χ3v) is 8.33. The summed E-state index contributed by atoms with van der Waals surface area (Å²) in [4.78, 5) is 28.1. The van der Waals surface area contributed by atoms with E-state index in [-0.39, 0.29) is 35.3 Å². The quantitative estimate of drug-likeness (QED) is 0.183. The zero-order valence-electron chi connectivity index (χ0n) is 24.8. The molecule has 0 aliphatic carbocycles. The van der Waals surface area contributed by atoms with Crippen LogP contribution in [0.2, 0.25) is 0 Å². The van der Waals surface area contributed by atoms with Crippen LogP contribution in [-0.2, 0) is 16.1 Å². The van der Waals surface area contributed by atoms with E-state index in [0.717, 1.165) is 55.1 Å². The predicted octanol–water partition coefficient (Wildman–Crippen LogP) is 5.71. The van der Waals surface area contributed by atoms with E-state index in [1.54, 1.807) is 24.3 Å². The van der Waals surface area contributed by atoms with E-state index in [1.165, 1.54) is 0 Å². The first kappa shape index (κ1) is 30.4. The Bertz CT molecular complexity index is 1590. The second kappa shape index (κ2) is 14.0. The molecular weight excluding hydrogens is 572 g/mol. The molecule has 0 saturated carbocycles. The van der Waals surface area contributed by atoms with Gasteiger partial charge in [-0.15, -0.1) is 0 Å². The number of nitro groups is 1. The van der Waals surface area contributed by atoms with Gasteiger partial charge in [0.15, 0.2) is 6.29 Å². The summed E-state index contributed by atoms with van der Waals surface area (Å²) in [6, 6.07) is 31.2. The summed E-state index contributed by atoms with van der Waals surface area (Å²) in [5.41, 5.74) is 4.97. The lowest BCUT2D eigenvalue weighted by molar-refractivity contribution is -0.384. The minimum atomic E-state index is -0.638. The number of nitro benzene ring substituents is 1. The summed E-state index contributed by atoms with van der Waals surface area (Å²) >= 11 is 0. The van der Waals surface area contributed by atoms with Gasteiger partial charge in [-0.25, -0.2) is 0 Å². The molecule has 2 N–H and O–H groups in total. The largest absolute Gasteiger partial charge is 0.392 e. The van der Waals surface area contributed by atoms with Gasteiger partial charge in [-0.2, -0.15) is 0 Å². The zero-order valence-corrected chi connectivity index (χ0v) is 24.8. The fourth-order valence-electron chi connectivity index (χ4n) is 5.85. The van der Waals surface area contributed by atoms with Crippen LogP contribution >= 0.6 is 0 Å². The fourth-order valence-corrected chi connectivity index (χ4v) is 5.85. The number of nitrogens with zero attached hydrogens (tertiary/aromatic N) is 3. The number of nitrogens with one attached hydrogen (secondary N) is 1. The van der Waals surface area contributed by atoms with E-state index in [4.69, 9.17) is 9.47 Å². The number of hydrogen-bond acceptors (Lipinski definition) is 8. The highest BCUT2D eigenvalue weighted by molar-refractivity contribution is 6.04. The average Bonchev–Trinajstić information content (AvgIpc) is 3.09. The third-order valence-electron chi connectivity index (χ3n) is 8.33. The minimum absolute atomic E-state index is 0.0203. The van der Waals surface area contributed by atoms with Crippen molar-refractivity contribution in [3.63, 3.8) is 0 Å². The van der Waals surface area contributed by atoms with Gasteiger partial charge in [0.2, 0.25) is 0 Å². The van der Waals surface area contributed by atoms with E-state index < -0.39 is 6.29 Å². The van der Waals surface area contributed by atoms with Crippen molar-refractivity contribution in [3.8, 4) is 0 Å². The Morgan fingerprint density at radius 2 is 1.60 bits per heavy atom. The molecule has 2 saturated heterocycles. The number of non-ortho nitro benzene ring substituents is 1. The SMILES string of the molecule is O=C(Nc1cccc([C@H]2O[C@@H](CN3CCN(c4ccc([N+](=O)[O-])cc4)CC3)C[C@@H](c3ccc(CO)cc3)O2)c1)c1ccccc1. The van der Waals surface area contributed by atoms with Crippen LogP contribution in [0.15, 0.2) is 103 Å². The van der Waals surface area contributed by atoms with E-state index >= 15 is 0 Å². The van der Waals surface area contributed by atoms with Gasteiger partial charge in [-0.05, 0) is 47.5 Å². The lowest BCUT2D eigenvalue weighted by Gasteiger charge is -2.41. The number of benzene rings is 4. The van der Waals surface area contributed by atoms with Crippen molar-refractivity contribution in [1.29, 1.82) is 0 Å². The van der Waals surface area contributed by atoms with Gasteiger partial charge in [0.1, 0.15) is 0 Å². The summed E-state index contributed by atoms with van der Waals surface area (Å²) in [5, 5.41) is 23.5. The summed E-state index contributed by atoms with van der Waals surface area (Å²) in [6.45, 7) is 3.98. The van der Waals surface area contributed by atoms with Crippen LogP contribution in [0, 0.1) is 10.1 Å². The molecule has 2 aliphatic rings. The molecule has 0 aromatic heterocycles. The summed E-state index contributed by atoms with van der Waals surface area (Å²) in [7, 11) is 0. The fraction of sp³-hybridized carbons (Fsp3) is 0.286. The molecule has 232 valence electrons. The van der Waals surface area contributed by atoms with Gasteiger partial charge in [-0.1, -0.05) is 54.6 Å². The van der Waals surface area contributed by atoms with Crippen LogP contribution < -0.4 is 10.2 Å². The molecule has 0 unspecified atom stereocenters. The zero-order chi connectivity index (χ0) is 31.2. The van der Waals surface area contributed by atoms with Gasteiger partial charge in [-0.3, -0.25) is 19.8 Å². The van der Waals surface area contributed by atoms with E-state index in [2.05, 4.69) is 15.1 Å². The Morgan fingerprint density at radius 3 is 2.29 bits per heavy atom. The first-order chi connectivity index (χ1) is 21.9. The monoisotopic (exact) mass is 608 g/mol. The van der Waals surface area contributed by atoms with E-state index in [9.17, 15) is 20.0 Å². The van der Waals surface area contributed by atoms with Gasteiger partial charge < -0.3 is 24.8 Å². The van der Waals surface area contributed by atoms with Crippen molar-refractivity contribution in [1.82, 2.24) is 4.90 Å². The van der Waals surface area contributed by atoms with E-state index in [1.807, 2.05) is 78.9 Å². The van der Waals surface area contributed by atoms with Crippen molar-refractivity contribution in [2.45, 2.75) is 31.5 Å². The number of carbonyl (C=O) groups excluding carboxylic acids is 1. The normalized spacial score (nSPS) is 20.5. The Balaban J connectivity index is 1.15. The summed E-state index contributed by atoms with van der Waals surface area (Å²) in [6.07, 6.45) is -0.298. The molecule has 6 rings (SSSR count). The highest BCUT2D eigenvalue weighted by Gasteiger charge is 2.34. The number of anilines is 2. The van der Waals surface area contributed by atoms with Crippen LogP contribution in [0.1, 0.15) is 45.9 Å². The molecule has 2 heterocycles. The number of rotatable bonds is 9. The van der Waals surface area contributed by atoms with Crippen LogP contribution in [-0.4, -0.2) is 59.7 Å². The summed E-state index contributed by atoms with van der Waals surface area (Å²) < 4.78 is 13.1. The minimum Gasteiger partial charge on any atom is -0.392 e. The average molecular weight is 609 g/mol. The molecule has 4 aromatic rings. The first-order valence-electron chi connectivity index (χ1n) is 15.1. The van der Waals surface area contributed by atoms with Crippen molar-refractivity contribution in [2.75, 3.05) is 42.9 Å². The number of aliphatic hydroxyl groups is 1. The standard InChI is InChI=1S/C35H36N4O6/c40-24-25-9-11-26(12-10-25)33-22-32(23-37-17-19-38(20-18-37)30-13-15-31(16-14-30)39(42)43)44-35(45-33)28-7-4-8-29(21-28)36-34(41)27-5-2-1-3-6-27/h1-16,21,32-33,35,40H,17-20,22-24H2,(H,36,41)/t32-,33+,35+/m1/s1. The van der Waals surface area contributed by atoms with Crippen LogP contribution in [0.4, 0.5) is 17.1 Å².